The van der Waals surface area contributed by atoms with Crippen molar-refractivity contribution in [2.45, 2.75) is 12.3 Å². The Kier molecular flexibility index (Phi) is 5.46. The third-order valence-electron chi connectivity index (χ3n) is 2.66. The fourth-order valence-electron chi connectivity index (χ4n) is 1.66. The lowest BCUT2D eigenvalue weighted by atomic mass is 10.4. The molecule has 0 radical (unpaired) electrons. The Hall–Kier alpha value is -0.120. The molecule has 0 aliphatic carbocycles. The van der Waals surface area contributed by atoms with Crippen LogP contribution in [0.4, 0.5) is 0 Å². The zero-order valence-electron chi connectivity index (χ0n) is 10.0. The largest absolute Gasteiger partial charge is 0.0905 e. The summed E-state index contributed by atoms with van der Waals surface area (Å²) in [7, 11) is -1.46. The van der Waals surface area contributed by atoms with Crippen molar-refractivity contribution in [3.63, 3.8) is 0 Å². The molecule has 0 fully saturated rings. The molecule has 0 N–H and O–H groups in total. The fraction of sp³-hybridized carbons (Fsp3) is 0.143. The molecule has 2 unspecified atom stereocenters. The van der Waals surface area contributed by atoms with Gasteiger partial charge in [0.1, 0.15) is 0 Å². The first-order chi connectivity index (χ1) is 8.70. The Morgan fingerprint density at radius 3 is 1.39 bits per heavy atom. The van der Waals surface area contributed by atoms with Crippen LogP contribution in [0.25, 0.3) is 0 Å². The van der Waals surface area contributed by atoms with Gasteiger partial charge >= 0.3 is 0 Å². The molecule has 18 heavy (non-hydrogen) atoms. The van der Waals surface area contributed by atoms with Gasteiger partial charge in [-0.2, -0.15) is 0 Å². The highest BCUT2D eigenvalue weighted by Crippen LogP contribution is 2.62. The zero-order valence-corrected chi connectivity index (χ0v) is 13.3. The van der Waals surface area contributed by atoms with Crippen LogP contribution in [0.15, 0.2) is 60.7 Å². The molecule has 2 rings (SSSR count). The maximum Gasteiger partial charge on any atom is 0.0324 e. The van der Waals surface area contributed by atoms with E-state index in [1.807, 2.05) is 36.4 Å². The molecule has 2 aromatic carbocycles. The first-order valence-corrected chi connectivity index (χ1v) is 10.3. The van der Waals surface area contributed by atoms with Gasteiger partial charge in [-0.05, 0) is 10.6 Å². The zero-order chi connectivity index (χ0) is 13.0. The van der Waals surface area contributed by atoms with E-state index in [0.717, 1.165) is 0 Å². The first-order valence-electron chi connectivity index (χ1n) is 5.70. The number of halogens is 2. The SMILES string of the molecule is CC(P(Cl)c1ccccc1)P(Cl)c1ccccc1. The highest BCUT2D eigenvalue weighted by atomic mass is 35.7. The van der Waals surface area contributed by atoms with Crippen LogP contribution in [0.1, 0.15) is 6.92 Å². The number of hydrogen-bond donors (Lipinski definition) is 0. The van der Waals surface area contributed by atoms with Crippen LogP contribution in [0.5, 0.6) is 0 Å². The molecule has 0 heterocycles. The lowest BCUT2D eigenvalue weighted by Gasteiger charge is -2.23. The van der Waals surface area contributed by atoms with Gasteiger partial charge in [-0.3, -0.25) is 0 Å². The quantitative estimate of drug-likeness (QED) is 0.676. The van der Waals surface area contributed by atoms with Crippen molar-refractivity contribution < 1.29 is 0 Å². The third-order valence-corrected chi connectivity index (χ3v) is 10.7. The molecule has 2 aromatic rings. The second kappa shape index (κ2) is 6.88. The Balaban J connectivity index is 2.14. The molecule has 2 atom stereocenters. The van der Waals surface area contributed by atoms with E-state index < -0.39 is 14.5 Å². The maximum atomic E-state index is 6.60. The molecule has 0 aliphatic rings. The van der Waals surface area contributed by atoms with Crippen LogP contribution in [0.3, 0.4) is 0 Å². The Morgan fingerprint density at radius 2 is 1.06 bits per heavy atom. The molecule has 0 nitrogen and oxygen atoms in total. The molecule has 0 aliphatic heterocycles. The summed E-state index contributed by atoms with van der Waals surface area (Å²) < 4.78 is 0. The van der Waals surface area contributed by atoms with Gasteiger partial charge in [0.25, 0.3) is 0 Å². The minimum absolute atomic E-state index is 0.295. The summed E-state index contributed by atoms with van der Waals surface area (Å²) in [5, 5.41) is 2.69. The molecule has 0 saturated carbocycles. The molecule has 0 spiro atoms. The Labute approximate surface area is 120 Å². The standard InChI is InChI=1S/C14H14Cl2P2/c1-12(17(15)13-8-4-2-5-9-13)18(16)14-10-6-3-7-11-14/h2-12H,1H3. The number of hydrogen-bond acceptors (Lipinski definition) is 0. The van der Waals surface area contributed by atoms with Gasteiger partial charge in [0.15, 0.2) is 0 Å². The lowest BCUT2D eigenvalue weighted by Crippen LogP contribution is -2.09. The fourth-order valence-corrected chi connectivity index (χ4v) is 7.60. The van der Waals surface area contributed by atoms with E-state index in [4.69, 9.17) is 22.5 Å². The first kappa shape index (κ1) is 14.3. The number of rotatable bonds is 4. The summed E-state index contributed by atoms with van der Waals surface area (Å²) >= 11 is 13.2. The number of benzene rings is 2. The normalized spacial score (nSPS) is 15.9. The molecule has 94 valence electrons. The highest BCUT2D eigenvalue weighted by molar-refractivity contribution is 8.04. The van der Waals surface area contributed by atoms with Crippen molar-refractivity contribution >= 4 is 47.6 Å². The van der Waals surface area contributed by atoms with Crippen LogP contribution in [0, 0.1) is 0 Å². The lowest BCUT2D eigenvalue weighted by molar-refractivity contribution is 1.40. The van der Waals surface area contributed by atoms with E-state index in [0.29, 0.717) is 5.40 Å². The molecule has 0 saturated heterocycles. The monoisotopic (exact) mass is 314 g/mol. The summed E-state index contributed by atoms with van der Waals surface area (Å²) in [5.41, 5.74) is 0. The maximum absolute atomic E-state index is 6.60. The van der Waals surface area contributed by atoms with E-state index in [2.05, 4.69) is 31.2 Å². The van der Waals surface area contributed by atoms with Crippen molar-refractivity contribution in [3.05, 3.63) is 60.7 Å². The average Bonchev–Trinajstić information content (AvgIpc) is 2.47. The van der Waals surface area contributed by atoms with Crippen LogP contribution in [0.2, 0.25) is 0 Å². The third kappa shape index (κ3) is 3.46. The van der Waals surface area contributed by atoms with Crippen molar-refractivity contribution in [3.8, 4) is 0 Å². The van der Waals surface area contributed by atoms with E-state index in [1.165, 1.54) is 10.6 Å². The summed E-state index contributed by atoms with van der Waals surface area (Å²) in [5.74, 6) is 0. The minimum Gasteiger partial charge on any atom is -0.0905 e. The van der Waals surface area contributed by atoms with Crippen molar-refractivity contribution in [2.24, 2.45) is 0 Å². The van der Waals surface area contributed by atoms with E-state index in [9.17, 15) is 0 Å². The van der Waals surface area contributed by atoms with Crippen LogP contribution in [-0.4, -0.2) is 5.40 Å². The molecule has 0 aromatic heterocycles. The van der Waals surface area contributed by atoms with Crippen LogP contribution in [-0.2, 0) is 0 Å². The van der Waals surface area contributed by atoms with E-state index in [1.54, 1.807) is 0 Å². The van der Waals surface area contributed by atoms with Crippen molar-refractivity contribution in [1.82, 2.24) is 0 Å². The predicted molar refractivity (Wildman–Crippen MR) is 87.2 cm³/mol. The summed E-state index contributed by atoms with van der Waals surface area (Å²) in [6.07, 6.45) is 0. The van der Waals surface area contributed by atoms with Crippen LogP contribution >= 0.6 is 37.0 Å². The topological polar surface area (TPSA) is 0 Å². The Morgan fingerprint density at radius 1 is 0.722 bits per heavy atom. The Bertz CT molecular complexity index is 430. The van der Waals surface area contributed by atoms with Gasteiger partial charge in [-0.25, -0.2) is 0 Å². The van der Waals surface area contributed by atoms with Gasteiger partial charge < -0.3 is 0 Å². The van der Waals surface area contributed by atoms with Gasteiger partial charge in [0, 0.05) is 19.9 Å². The average molecular weight is 315 g/mol. The summed E-state index contributed by atoms with van der Waals surface area (Å²) in [6.45, 7) is 2.15. The van der Waals surface area contributed by atoms with E-state index >= 15 is 0 Å². The molecule has 0 bridgehead atoms. The summed E-state index contributed by atoms with van der Waals surface area (Å²) in [4.78, 5) is 0. The minimum atomic E-state index is -0.731. The van der Waals surface area contributed by atoms with Gasteiger partial charge in [0.05, 0.1) is 0 Å². The molecule has 0 amide bonds. The second-order valence-corrected chi connectivity index (χ2v) is 10.3. The van der Waals surface area contributed by atoms with Gasteiger partial charge in [0.2, 0.25) is 0 Å². The van der Waals surface area contributed by atoms with Gasteiger partial charge in [-0.1, -0.05) is 90.1 Å². The predicted octanol–water partition coefficient (Wildman–Crippen LogP) is 5.25. The van der Waals surface area contributed by atoms with E-state index in [-0.39, 0.29) is 0 Å². The summed E-state index contributed by atoms with van der Waals surface area (Å²) in [6, 6.07) is 20.5. The molecular formula is C14H14Cl2P2. The van der Waals surface area contributed by atoms with Crippen molar-refractivity contribution in [2.75, 3.05) is 0 Å². The van der Waals surface area contributed by atoms with Crippen LogP contribution < -0.4 is 10.6 Å². The van der Waals surface area contributed by atoms with Crippen molar-refractivity contribution in [1.29, 1.82) is 0 Å². The second-order valence-electron chi connectivity index (χ2n) is 3.93. The molecule has 4 heteroatoms. The molecular weight excluding hydrogens is 301 g/mol. The highest BCUT2D eigenvalue weighted by Gasteiger charge is 2.25. The smallest absolute Gasteiger partial charge is 0.0324 e. The van der Waals surface area contributed by atoms with Gasteiger partial charge in [-0.15, -0.1) is 0 Å².